The Bertz CT molecular complexity index is 3260. The number of benzene rings is 4. The first-order chi connectivity index (χ1) is 39.5. The molecule has 0 spiro atoms. The van der Waals surface area contributed by atoms with Gasteiger partial charge in [0.1, 0.15) is 44.5 Å². The van der Waals surface area contributed by atoms with Crippen LogP contribution in [-0.4, -0.2) is 71.0 Å². The molecule has 0 bridgehead atoms. The second-order valence-electron chi connectivity index (χ2n) is 20.0. The average Bonchev–Trinajstić information content (AvgIpc) is 4.21. The largest absolute Gasteiger partial charge is 0.496 e. The Balaban J connectivity index is 0.000000215. The third-order valence-electron chi connectivity index (χ3n) is 15.2. The summed E-state index contributed by atoms with van der Waals surface area (Å²) in [6.45, 7) is 3.09. The summed E-state index contributed by atoms with van der Waals surface area (Å²) < 4.78 is 69.7. The number of hydrogen-bond acceptors (Lipinski definition) is 9. The smallest absolute Gasteiger partial charge is 0.266 e. The van der Waals surface area contributed by atoms with Gasteiger partial charge < -0.3 is 24.6 Å². The summed E-state index contributed by atoms with van der Waals surface area (Å²) in [7, 11) is 16.3. The summed E-state index contributed by atoms with van der Waals surface area (Å²) in [5, 5.41) is 3.17. The van der Waals surface area contributed by atoms with Crippen LogP contribution >= 0.6 is 95.6 Å². The number of carbonyl (C=O) groups is 2. The highest BCUT2D eigenvalue weighted by molar-refractivity contribution is 8.92. The Morgan fingerprint density at radius 3 is 1.30 bits per heavy atom. The number of nitrogens with one attached hydrogen (secondary N) is 1. The topological polar surface area (TPSA) is 96.9 Å². The van der Waals surface area contributed by atoms with Crippen LogP contribution in [0.2, 0.25) is 10.0 Å². The van der Waals surface area contributed by atoms with E-state index in [9.17, 15) is 27.2 Å². The number of hydrogen-bond donors (Lipinski definition) is 1. The molecule has 1 N–H and O–H groups in total. The summed E-state index contributed by atoms with van der Waals surface area (Å²) in [6.07, 6.45) is 15.3. The number of methoxy groups -OCH3 is 2. The van der Waals surface area contributed by atoms with Gasteiger partial charge >= 0.3 is 0 Å². The predicted molar refractivity (Wildman–Crippen MR) is 356 cm³/mol. The van der Waals surface area contributed by atoms with E-state index in [1.54, 1.807) is 43.9 Å². The standard InChI is InChI=1S/C30H29ClF2N2O2S.C29H28ClF2N3O2S.CH4.H8P6/c1-3-18-4-7-22(8-5-18)35(30(36)29-27(31)26-23(32)9-10-24(33)28(26)38-29)17-21-16-20(6-11-25(21)37-2)19-12-14-34-15-13-19;1-33-20-4-6-21(7-5-20)35(29(36)28-26(30)25-22(31)8-9-23(32)27(25)38-28)16-19-15-18(3-10-24(19)37-2)17-11-13-34-14-12-17;;1-5(2)6(3)4/h6,9-16,18,22H,3-5,7-8,17H2,1-2H3;3,8-15,20-21,33H,4-7,16H2,1-2H3;1H4;1-4H2. The Morgan fingerprint density at radius 1 is 0.590 bits per heavy atom. The highest BCUT2D eigenvalue weighted by Crippen LogP contribution is 2.86. The third kappa shape index (κ3) is 16.2. The molecule has 2 amide bonds. The zero-order chi connectivity index (χ0) is 58.8. The molecular weight excluding hydrogens is 1250 g/mol. The molecule has 4 heterocycles. The summed E-state index contributed by atoms with van der Waals surface area (Å²) in [4.78, 5) is 40.4. The van der Waals surface area contributed by atoms with E-state index in [1.807, 2.05) is 72.6 Å². The van der Waals surface area contributed by atoms with E-state index in [2.05, 4.69) is 57.9 Å². The van der Waals surface area contributed by atoms with Crippen molar-refractivity contribution in [2.45, 2.75) is 103 Å². The normalized spacial score (nSPS) is 16.8. The van der Waals surface area contributed by atoms with Crippen LogP contribution in [0.15, 0.2) is 110 Å². The summed E-state index contributed by atoms with van der Waals surface area (Å²) >= 11 is 14.9. The lowest BCUT2D eigenvalue weighted by atomic mass is 9.83. The molecule has 4 unspecified atom stereocenters. The van der Waals surface area contributed by atoms with Gasteiger partial charge in [-0.25, -0.2) is 17.6 Å². The van der Waals surface area contributed by atoms with Crippen LogP contribution in [0.5, 0.6) is 11.5 Å². The molecule has 2 fully saturated rings. The molecule has 4 atom stereocenters. The predicted octanol–water partition coefficient (Wildman–Crippen LogP) is 19.3. The lowest BCUT2D eigenvalue weighted by Crippen LogP contribution is -2.44. The van der Waals surface area contributed by atoms with Crippen molar-refractivity contribution in [3.63, 3.8) is 0 Å². The van der Waals surface area contributed by atoms with Crippen molar-refractivity contribution in [2.75, 3.05) is 21.3 Å². The number of halogens is 6. The molecule has 0 saturated heterocycles. The van der Waals surface area contributed by atoms with E-state index >= 15 is 0 Å². The van der Waals surface area contributed by atoms with Gasteiger partial charge in [0, 0.05) is 67.1 Å². The molecule has 23 heteroatoms. The molecule has 442 valence electrons. The van der Waals surface area contributed by atoms with Gasteiger partial charge in [0.05, 0.1) is 44.4 Å². The first kappa shape index (κ1) is 67.0. The van der Waals surface area contributed by atoms with Crippen molar-refractivity contribution in [3.05, 3.63) is 164 Å². The van der Waals surface area contributed by atoms with Crippen LogP contribution in [0.4, 0.5) is 17.6 Å². The Kier molecular flexibility index (Phi) is 25.3. The van der Waals surface area contributed by atoms with Gasteiger partial charge in [-0.05, 0) is 173 Å². The van der Waals surface area contributed by atoms with Crippen LogP contribution in [0.1, 0.15) is 103 Å². The molecule has 8 aromatic rings. The van der Waals surface area contributed by atoms with E-state index < -0.39 is 23.3 Å². The van der Waals surface area contributed by atoms with Crippen molar-refractivity contribution in [3.8, 4) is 33.8 Å². The average molecular weight is 1320 g/mol. The Morgan fingerprint density at radius 2 is 0.964 bits per heavy atom. The van der Waals surface area contributed by atoms with E-state index in [0.717, 1.165) is 138 Å². The molecule has 2 aliphatic rings. The minimum absolute atomic E-state index is 0. The lowest BCUT2D eigenvalue weighted by molar-refractivity contribution is 0.0588. The fraction of sp³-hybridized carbons (Fsp3) is 0.333. The first-order valence-electron chi connectivity index (χ1n) is 26.6. The molecule has 2 aliphatic carbocycles. The van der Waals surface area contributed by atoms with Gasteiger partial charge in [0.25, 0.3) is 11.8 Å². The SMILES string of the molecule is C.CCC1CCC(N(Cc2cc(-c3ccncc3)ccc2OC)C(=O)c2sc3c(F)ccc(F)c3c2Cl)CC1.CNC1CCC(N(Cc2cc(-c3ccncc3)ccc2OC)C(=O)c2sc3c(F)ccc(F)c3c2Cl)CC1.PP(P)P(P)P. The third-order valence-corrected chi connectivity index (χ3v) is 39.9. The maximum absolute atomic E-state index is 14.6. The van der Waals surface area contributed by atoms with Gasteiger partial charge in [0.2, 0.25) is 0 Å². The van der Waals surface area contributed by atoms with Crippen molar-refractivity contribution in [2.24, 2.45) is 5.92 Å². The summed E-state index contributed by atoms with van der Waals surface area (Å²) in [5.41, 5.74) is 5.63. The van der Waals surface area contributed by atoms with E-state index in [1.165, 1.54) is 0 Å². The molecule has 0 aliphatic heterocycles. The molecule has 2 saturated carbocycles. The zero-order valence-electron chi connectivity index (χ0n) is 45.7. The number of nitrogens with zero attached hydrogens (tertiary/aromatic N) is 4. The van der Waals surface area contributed by atoms with Crippen LogP contribution in [0, 0.1) is 29.2 Å². The van der Waals surface area contributed by atoms with Gasteiger partial charge in [0.15, 0.2) is 0 Å². The number of pyridine rings is 2. The number of fused-ring (bicyclic) bond motifs is 2. The molecule has 0 radical (unpaired) electrons. The van der Waals surface area contributed by atoms with Gasteiger partial charge in [-0.1, -0.05) is 56.1 Å². The van der Waals surface area contributed by atoms with Crippen LogP contribution in [-0.2, 0) is 13.1 Å². The summed E-state index contributed by atoms with van der Waals surface area (Å²) in [5.74, 6) is -1.15. The van der Waals surface area contributed by atoms with E-state index in [0.29, 0.717) is 23.5 Å². The van der Waals surface area contributed by atoms with Crippen LogP contribution in [0.3, 0.4) is 0 Å². The number of rotatable bonds is 15. The van der Waals surface area contributed by atoms with Crippen molar-refractivity contribution in [1.82, 2.24) is 25.1 Å². The Labute approximate surface area is 514 Å². The highest BCUT2D eigenvalue weighted by Gasteiger charge is 2.35. The van der Waals surface area contributed by atoms with Gasteiger partial charge in [-0.2, -0.15) is 0 Å². The molecule has 83 heavy (non-hydrogen) atoms. The minimum Gasteiger partial charge on any atom is -0.496 e. The monoisotopic (exact) mass is 1320 g/mol. The fourth-order valence-corrected chi connectivity index (χ4v) is 13.6. The van der Waals surface area contributed by atoms with Gasteiger partial charge in [-0.15, -0.1) is 58.4 Å². The number of amides is 2. The van der Waals surface area contributed by atoms with Crippen molar-refractivity contribution >= 4 is 128 Å². The maximum atomic E-state index is 14.6. The molecule has 4 aromatic carbocycles. The maximum Gasteiger partial charge on any atom is 0.266 e. The number of aromatic nitrogens is 2. The number of ether oxygens (including phenoxy) is 2. The molecule has 4 aromatic heterocycles. The van der Waals surface area contributed by atoms with Crippen molar-refractivity contribution < 1.29 is 36.6 Å². The number of thiophene rings is 2. The highest BCUT2D eigenvalue weighted by atomic mass is 35.5. The fourth-order valence-electron chi connectivity index (χ4n) is 10.6. The molecular formula is C60H69Cl2F4N5O4P6S2. The molecule has 10 rings (SSSR count). The lowest BCUT2D eigenvalue weighted by Gasteiger charge is -2.37. The van der Waals surface area contributed by atoms with Gasteiger partial charge in [-0.3, -0.25) is 19.6 Å². The first-order valence-corrected chi connectivity index (χ1v) is 38.9. The number of carbonyl (C=O) groups excluding carboxylic acids is 2. The molecule has 9 nitrogen and oxygen atoms in total. The Hall–Kier alpha value is -3.52. The second-order valence-corrected chi connectivity index (χ2v) is 42.5. The van der Waals surface area contributed by atoms with Crippen LogP contribution < -0.4 is 14.8 Å². The summed E-state index contributed by atoms with van der Waals surface area (Å²) in [6, 6.07) is 24.0. The van der Waals surface area contributed by atoms with Crippen LogP contribution in [0.25, 0.3) is 42.4 Å². The minimum atomic E-state index is -0.644. The second kappa shape index (κ2) is 31.4. The van der Waals surface area contributed by atoms with E-state index in [4.69, 9.17) is 32.7 Å². The van der Waals surface area contributed by atoms with Crippen molar-refractivity contribution in [1.29, 1.82) is 0 Å². The zero-order valence-corrected chi connectivity index (χ0v) is 55.2. The quantitative estimate of drug-likeness (QED) is 0.0807. The van der Waals surface area contributed by atoms with E-state index in [-0.39, 0.29) is 98.4 Å².